The monoisotopic (exact) mass is 962 g/mol. The van der Waals surface area contributed by atoms with Gasteiger partial charge in [-0.3, -0.25) is 24.4 Å². The molecule has 2 saturated heterocycles. The Bertz CT molecular complexity index is 2740. The zero-order chi connectivity index (χ0) is 50.1. The van der Waals surface area contributed by atoms with Gasteiger partial charge in [0.2, 0.25) is 11.8 Å². The summed E-state index contributed by atoms with van der Waals surface area (Å²) in [6.45, 7) is 5.98. The van der Waals surface area contributed by atoms with E-state index in [0.717, 1.165) is 27.8 Å². The summed E-state index contributed by atoms with van der Waals surface area (Å²) in [6.07, 6.45) is 5.47. The van der Waals surface area contributed by atoms with Crippen molar-refractivity contribution in [3.63, 3.8) is 0 Å². The van der Waals surface area contributed by atoms with Gasteiger partial charge in [-0.25, -0.2) is 19.3 Å². The van der Waals surface area contributed by atoms with E-state index in [2.05, 4.69) is 142 Å². The molecule has 0 spiro atoms. The highest BCUT2D eigenvalue weighted by Gasteiger charge is 2.49. The van der Waals surface area contributed by atoms with Gasteiger partial charge in [-0.15, -0.1) is 0 Å². The number of pyridine rings is 1. The van der Waals surface area contributed by atoms with Crippen molar-refractivity contribution in [3.8, 4) is 22.6 Å². The van der Waals surface area contributed by atoms with E-state index in [1.165, 1.54) is 19.1 Å². The maximum atomic E-state index is 13.8. The summed E-state index contributed by atoms with van der Waals surface area (Å²) >= 11 is 0. The second kappa shape index (κ2) is 26.4. The number of nitrogens with one attached hydrogen (secondary N) is 3. The first-order chi connectivity index (χ1) is 34.0. The normalized spacial score (nSPS) is 17.7. The lowest BCUT2D eigenvalue weighted by Gasteiger charge is -2.41. The zero-order valence-corrected chi connectivity index (χ0v) is 37.1. The van der Waals surface area contributed by atoms with E-state index in [4.69, 9.17) is 5.53 Å². The van der Waals surface area contributed by atoms with Crippen molar-refractivity contribution in [3.05, 3.63) is 85.1 Å². The van der Waals surface area contributed by atoms with Crippen LogP contribution in [0.1, 0.15) is 20.3 Å². The second-order valence-electron chi connectivity index (χ2n) is 14.4. The first kappa shape index (κ1) is 51.2. The third kappa shape index (κ3) is 14.4. The topological polar surface area (TPSA) is 452 Å². The Morgan fingerprint density at radius 2 is 1.41 bits per heavy atom. The highest BCUT2D eigenvalue weighted by atomic mass is 19.1. The van der Waals surface area contributed by atoms with Crippen LogP contribution < -0.4 is 27.7 Å². The standard InChI is InChI=1S/C36H36FN9O3.H3N11.H4N10/c1-23-20-45(31-11-6-26(19-40-31)34-38-13-3-14-39-34)16-17-46(23)32(48)21-44-15-12-36(22-44,24(2)47)35(49)41-28-9-10-30-29(18-28)33(43-42-30)25-4-7-27(37)8-5-25;1-3-5-7-9-11-10-8-6-4-2;1-3-5-7-9-10-8-6-4-2/h3-11,13-14,18-19,23H,12,15-17,20-22H2,1-2H3,(H,41,49)(H,42,43);(H3,1,2,5,6,9,10);(H2,1,4,5,8,9)(H2,2,3,6,7,10)/t23-,36?;;/m1../s1. The number of nitrogens with two attached hydrogens (primary N) is 3. The van der Waals surface area contributed by atoms with Gasteiger partial charge >= 0.3 is 0 Å². The number of carbonyl (C=O) groups is 3. The molecule has 9 N–H and O–H groups in total. The van der Waals surface area contributed by atoms with Crippen LogP contribution in [-0.2, 0) is 14.4 Å². The van der Waals surface area contributed by atoms with Crippen LogP contribution in [-0.4, -0.2) is 97.9 Å². The van der Waals surface area contributed by atoms with E-state index in [1.807, 2.05) is 28.9 Å². The van der Waals surface area contributed by atoms with Gasteiger partial charge in [-0.05, 0) is 154 Å². The smallest absolute Gasteiger partial charge is 0.239 e. The predicted octanol–water partition coefficient (Wildman–Crippen LogP) is 5.83. The summed E-state index contributed by atoms with van der Waals surface area (Å²) in [5.74, 6) is 14.0. The molecule has 0 bridgehead atoms. The number of hydrogen-bond donors (Lipinski definition) is 6. The molecule has 33 nitrogen and oxygen atoms in total. The predicted molar refractivity (Wildman–Crippen MR) is 239 cm³/mol. The minimum Gasteiger partial charge on any atom is -0.353 e. The molecule has 362 valence electrons. The van der Waals surface area contributed by atoms with E-state index in [9.17, 15) is 18.8 Å². The Morgan fingerprint density at radius 1 is 0.800 bits per heavy atom. The van der Waals surface area contributed by atoms with Crippen LogP contribution in [0, 0.1) is 16.8 Å². The van der Waals surface area contributed by atoms with E-state index in [0.29, 0.717) is 49.8 Å². The fourth-order valence-corrected chi connectivity index (χ4v) is 7.05. The number of aromatic amines is 1. The summed E-state index contributed by atoms with van der Waals surface area (Å²) in [6, 6.07) is 17.0. The van der Waals surface area contributed by atoms with E-state index in [-0.39, 0.29) is 36.6 Å². The molecule has 0 saturated carbocycles. The molecule has 1 unspecified atom stereocenters. The first-order valence-electron chi connectivity index (χ1n) is 20.3. The van der Waals surface area contributed by atoms with E-state index in [1.54, 1.807) is 55.0 Å². The number of Topliss-reactive ketones (excluding diaryl/α,β-unsaturated/α-hetero) is 1. The second-order valence-corrected chi connectivity index (χ2v) is 14.4. The minimum absolute atomic E-state index is 0.0322. The summed E-state index contributed by atoms with van der Waals surface area (Å²) < 4.78 is 13.5. The quantitative estimate of drug-likeness (QED) is 0.0313. The van der Waals surface area contributed by atoms with Crippen LogP contribution in [0.25, 0.3) is 33.5 Å². The largest absolute Gasteiger partial charge is 0.353 e. The van der Waals surface area contributed by atoms with Crippen molar-refractivity contribution < 1.29 is 18.8 Å². The Labute approximate surface area is 393 Å². The van der Waals surface area contributed by atoms with Crippen molar-refractivity contribution >= 4 is 40.0 Å². The van der Waals surface area contributed by atoms with E-state index < -0.39 is 11.3 Å². The molecule has 2 aromatic carbocycles. The molecule has 2 atom stereocenters. The number of amides is 2. The lowest BCUT2D eigenvalue weighted by atomic mass is 9.82. The molecule has 0 radical (unpaired) electrons. The molecule has 7 rings (SSSR count). The number of ketones is 1. The SMILES string of the molecule is CC(=O)C1(C(=O)Nc2ccc3[nH]nc(-c4ccc(F)cc4)c3c2)CCN(CC(=O)N2CCN(c3ccc(-c4ncccn4)cn3)C[C@H]2C)C1.N/N=N/N=N/N=N/N=N/N.N=N/N=N/N=N/N=N/N=N/N. The van der Waals surface area contributed by atoms with Crippen molar-refractivity contribution in [2.45, 2.75) is 26.3 Å². The number of hydrogen-bond acceptors (Lipinski definition) is 13. The number of H-pyrrole nitrogens is 1. The van der Waals surface area contributed by atoms with Crippen LogP contribution in [0.15, 0.2) is 168 Å². The lowest BCUT2D eigenvalue weighted by Crippen LogP contribution is -2.56. The molecule has 3 aromatic heterocycles. The third-order valence-corrected chi connectivity index (χ3v) is 10.2. The average Bonchev–Trinajstić information content (AvgIpc) is 4.01. The minimum atomic E-state index is -1.28. The van der Waals surface area contributed by atoms with Crippen LogP contribution in [0.2, 0.25) is 0 Å². The Balaban J connectivity index is 0.000000362. The number of nitrogens with zero attached hydrogens (tertiary/aromatic N) is 24. The number of likely N-dealkylation sites (tertiary alicyclic amines) is 1. The lowest BCUT2D eigenvalue weighted by molar-refractivity contribution is -0.139. The molecular weight excluding hydrogens is 920 g/mol. The molecule has 2 amide bonds. The molecular formula is C36H43FN30O3. The Morgan fingerprint density at radius 3 is 1.99 bits per heavy atom. The van der Waals surface area contributed by atoms with Crippen molar-refractivity contribution in [1.29, 1.82) is 5.53 Å². The number of halogens is 1. The zero-order valence-electron chi connectivity index (χ0n) is 37.1. The maximum absolute atomic E-state index is 13.8. The van der Waals surface area contributed by atoms with Crippen LogP contribution in [0.5, 0.6) is 0 Å². The molecule has 2 aliphatic rings. The number of aromatic nitrogens is 5. The van der Waals surface area contributed by atoms with E-state index >= 15 is 0 Å². The molecule has 0 aliphatic carbocycles. The van der Waals surface area contributed by atoms with Crippen LogP contribution in [0.4, 0.5) is 15.9 Å². The van der Waals surface area contributed by atoms with Gasteiger partial charge in [0.05, 0.1) is 17.8 Å². The van der Waals surface area contributed by atoms with Gasteiger partial charge < -0.3 is 32.6 Å². The Kier molecular flexibility index (Phi) is 19.3. The Hall–Kier alpha value is -9.76. The fourth-order valence-electron chi connectivity index (χ4n) is 7.05. The number of anilines is 2. The highest BCUT2D eigenvalue weighted by molar-refractivity contribution is 6.12. The van der Waals surface area contributed by atoms with Gasteiger partial charge in [-0.2, -0.15) is 10.6 Å². The van der Waals surface area contributed by atoms with Gasteiger partial charge in [-0.1, -0.05) is 15.7 Å². The maximum Gasteiger partial charge on any atom is 0.239 e. The van der Waals surface area contributed by atoms with Crippen LogP contribution >= 0.6 is 0 Å². The fraction of sp³-hybridized carbons (Fsp3) is 0.306. The number of piperazine rings is 1. The third-order valence-electron chi connectivity index (χ3n) is 10.2. The van der Waals surface area contributed by atoms with Gasteiger partial charge in [0.25, 0.3) is 0 Å². The number of benzene rings is 2. The van der Waals surface area contributed by atoms with Gasteiger partial charge in [0, 0.05) is 79.6 Å². The molecule has 70 heavy (non-hydrogen) atoms. The average molecular weight is 963 g/mol. The summed E-state index contributed by atoms with van der Waals surface area (Å²) in [5.41, 5.74) is 8.29. The van der Waals surface area contributed by atoms with Crippen LogP contribution in [0.3, 0.4) is 0 Å². The van der Waals surface area contributed by atoms with Crippen molar-refractivity contribution in [2.24, 2.45) is 112 Å². The molecule has 2 aliphatic heterocycles. The van der Waals surface area contributed by atoms with Crippen molar-refractivity contribution in [2.75, 3.05) is 49.5 Å². The number of rotatable bonds is 15. The van der Waals surface area contributed by atoms with Gasteiger partial charge in [0.1, 0.15) is 22.8 Å². The van der Waals surface area contributed by atoms with Crippen molar-refractivity contribution in [1.82, 2.24) is 34.9 Å². The summed E-state index contributed by atoms with van der Waals surface area (Å²) in [4.78, 5) is 59.5. The first-order valence-corrected chi connectivity index (χ1v) is 20.3. The molecule has 2 fully saturated rings. The molecule has 34 heteroatoms. The number of fused-ring (bicyclic) bond motifs is 1. The summed E-state index contributed by atoms with van der Waals surface area (Å²) in [5, 5.41) is 59.3. The summed E-state index contributed by atoms with van der Waals surface area (Å²) in [7, 11) is 0. The molecule has 5 aromatic rings. The van der Waals surface area contributed by atoms with Gasteiger partial charge in [0.15, 0.2) is 5.82 Å². The molecule has 5 heterocycles. The highest BCUT2D eigenvalue weighted by Crippen LogP contribution is 2.35. The number of carbonyl (C=O) groups excluding carboxylic acids is 3.